The van der Waals surface area contributed by atoms with Gasteiger partial charge in [-0.05, 0) is 59.5 Å². The predicted molar refractivity (Wildman–Crippen MR) is 81.4 cm³/mol. The molecule has 0 saturated heterocycles. The highest BCUT2D eigenvalue weighted by molar-refractivity contribution is 5.86. The summed E-state index contributed by atoms with van der Waals surface area (Å²) in [5.74, 6) is 0.629. The van der Waals surface area contributed by atoms with Crippen molar-refractivity contribution in [1.82, 2.24) is 9.80 Å². The number of carbonyl (C=O) groups is 1. The molecule has 0 N–H and O–H groups in total. The lowest BCUT2D eigenvalue weighted by Gasteiger charge is -2.50. The van der Waals surface area contributed by atoms with Crippen LogP contribution < -0.4 is 0 Å². The van der Waals surface area contributed by atoms with Crippen LogP contribution in [0.4, 0.5) is 0 Å². The fourth-order valence-corrected chi connectivity index (χ4v) is 2.94. The van der Waals surface area contributed by atoms with Gasteiger partial charge in [0.2, 0.25) is 5.76 Å². The minimum absolute atomic E-state index is 0.126. The van der Waals surface area contributed by atoms with Gasteiger partial charge in [-0.2, -0.15) is 0 Å². The Hall–Kier alpha value is -1.33. The van der Waals surface area contributed by atoms with Crippen molar-refractivity contribution in [2.24, 2.45) is 0 Å². The van der Waals surface area contributed by atoms with Gasteiger partial charge >= 0.3 is 5.97 Å². The van der Waals surface area contributed by atoms with E-state index in [0.717, 1.165) is 12.3 Å². The minimum atomic E-state index is -0.431. The van der Waals surface area contributed by atoms with Crippen LogP contribution in [0, 0.1) is 0 Å². The lowest BCUT2D eigenvalue weighted by atomic mass is 9.75. The first-order chi connectivity index (χ1) is 9.89. The van der Waals surface area contributed by atoms with Gasteiger partial charge in [0.25, 0.3) is 0 Å². The number of likely N-dealkylation sites (N-methyl/N-ethyl adjacent to an activating group) is 2. The highest BCUT2D eigenvalue weighted by Crippen LogP contribution is 2.38. The maximum atomic E-state index is 11.5. The zero-order chi connectivity index (χ0) is 15.6. The second-order valence-corrected chi connectivity index (χ2v) is 6.26. The van der Waals surface area contributed by atoms with Crippen LogP contribution in [0.25, 0.3) is 0 Å². The molecule has 5 heteroatoms. The largest absolute Gasteiger partial charge is 0.463 e. The number of nitrogens with zero attached hydrogens (tertiary/aromatic N) is 2. The van der Waals surface area contributed by atoms with E-state index < -0.39 is 5.97 Å². The molecular weight excluding hydrogens is 268 g/mol. The lowest BCUT2D eigenvalue weighted by Crippen LogP contribution is -2.56. The van der Waals surface area contributed by atoms with E-state index in [4.69, 9.17) is 4.42 Å². The highest BCUT2D eigenvalue weighted by atomic mass is 16.5. The Morgan fingerprint density at radius 2 is 2.05 bits per heavy atom. The van der Waals surface area contributed by atoms with Gasteiger partial charge in [-0.25, -0.2) is 4.79 Å². The molecule has 1 unspecified atom stereocenters. The summed E-state index contributed by atoms with van der Waals surface area (Å²) in [6.45, 7) is 3.09. The molecule has 0 amide bonds. The summed E-state index contributed by atoms with van der Waals surface area (Å²) in [6.07, 6.45) is 3.78. The topological polar surface area (TPSA) is 45.9 Å². The average Bonchev–Trinajstić information content (AvgIpc) is 2.89. The quantitative estimate of drug-likeness (QED) is 0.755. The third-order valence-electron chi connectivity index (χ3n) is 4.86. The molecule has 1 aliphatic carbocycles. The summed E-state index contributed by atoms with van der Waals surface area (Å²) in [5.41, 5.74) is 0.279. The van der Waals surface area contributed by atoms with E-state index >= 15 is 0 Å². The van der Waals surface area contributed by atoms with Crippen LogP contribution in [0.1, 0.15) is 48.5 Å². The smallest absolute Gasteiger partial charge is 0.373 e. The number of rotatable bonds is 6. The van der Waals surface area contributed by atoms with E-state index in [1.54, 1.807) is 6.07 Å². The molecule has 2 rings (SSSR count). The Morgan fingerprint density at radius 3 is 2.52 bits per heavy atom. The van der Waals surface area contributed by atoms with Gasteiger partial charge in [-0.1, -0.05) is 0 Å². The van der Waals surface area contributed by atoms with Gasteiger partial charge in [-0.3, -0.25) is 4.90 Å². The van der Waals surface area contributed by atoms with E-state index in [-0.39, 0.29) is 17.3 Å². The fourth-order valence-electron chi connectivity index (χ4n) is 2.94. The molecule has 1 aliphatic rings. The summed E-state index contributed by atoms with van der Waals surface area (Å²) in [6, 6.07) is 3.66. The predicted octanol–water partition coefficient (Wildman–Crippen LogP) is 2.54. The summed E-state index contributed by atoms with van der Waals surface area (Å²) in [7, 11) is 7.77. The first-order valence-corrected chi connectivity index (χ1v) is 7.45. The van der Waals surface area contributed by atoms with Crippen LogP contribution >= 0.6 is 0 Å². The summed E-state index contributed by atoms with van der Waals surface area (Å²) in [4.78, 5) is 16.1. The molecule has 0 bridgehead atoms. The van der Waals surface area contributed by atoms with Gasteiger partial charge in [-0.15, -0.1) is 0 Å². The van der Waals surface area contributed by atoms with Crippen molar-refractivity contribution < 1.29 is 13.9 Å². The molecule has 21 heavy (non-hydrogen) atoms. The van der Waals surface area contributed by atoms with Crippen molar-refractivity contribution in [2.75, 3.05) is 34.8 Å². The van der Waals surface area contributed by atoms with Crippen molar-refractivity contribution in [3.63, 3.8) is 0 Å². The van der Waals surface area contributed by atoms with Crippen LogP contribution in [0.3, 0.4) is 0 Å². The van der Waals surface area contributed by atoms with E-state index in [0.29, 0.717) is 0 Å². The van der Waals surface area contributed by atoms with Crippen LogP contribution in [0.2, 0.25) is 0 Å². The second-order valence-electron chi connectivity index (χ2n) is 6.26. The Labute approximate surface area is 126 Å². The molecular formula is C16H26N2O3. The van der Waals surface area contributed by atoms with Crippen molar-refractivity contribution in [2.45, 2.75) is 37.8 Å². The maximum Gasteiger partial charge on any atom is 0.373 e. The van der Waals surface area contributed by atoms with Crippen LogP contribution in [0.5, 0.6) is 0 Å². The van der Waals surface area contributed by atoms with E-state index in [1.165, 1.54) is 26.4 Å². The van der Waals surface area contributed by atoms with Gasteiger partial charge in [0.1, 0.15) is 5.76 Å². The normalized spacial score (nSPS) is 18.6. The third kappa shape index (κ3) is 3.14. The minimum Gasteiger partial charge on any atom is -0.463 e. The molecule has 1 saturated carbocycles. The molecule has 1 atom stereocenters. The summed E-state index contributed by atoms with van der Waals surface area (Å²) >= 11 is 0. The van der Waals surface area contributed by atoms with E-state index in [9.17, 15) is 4.79 Å². The number of ether oxygens (including phenoxy) is 1. The Morgan fingerprint density at radius 1 is 1.38 bits per heavy atom. The van der Waals surface area contributed by atoms with Crippen LogP contribution in [0.15, 0.2) is 16.5 Å². The highest BCUT2D eigenvalue weighted by Gasteiger charge is 2.40. The van der Waals surface area contributed by atoms with Crippen molar-refractivity contribution in [1.29, 1.82) is 0 Å². The standard InChI is InChI=1S/C16H26N2O3/c1-12(13-7-8-14(21-13)15(19)20-5)18(4)11-16(17(2)3)9-6-10-16/h7-8,12H,6,9-11H2,1-5H3. The van der Waals surface area contributed by atoms with E-state index in [2.05, 4.69) is 42.6 Å². The number of furan rings is 1. The number of carbonyl (C=O) groups excluding carboxylic acids is 1. The molecule has 0 radical (unpaired) electrons. The molecule has 0 aliphatic heterocycles. The first kappa shape index (κ1) is 16.0. The Kier molecular flexibility index (Phi) is 4.74. The number of esters is 1. The van der Waals surface area contributed by atoms with E-state index in [1.807, 2.05) is 6.07 Å². The Balaban J connectivity index is 2.03. The van der Waals surface area contributed by atoms with Gasteiger partial charge in [0.05, 0.1) is 13.2 Å². The first-order valence-electron chi connectivity index (χ1n) is 7.45. The molecule has 5 nitrogen and oxygen atoms in total. The molecule has 1 aromatic rings. The summed E-state index contributed by atoms with van der Waals surface area (Å²) in [5, 5.41) is 0. The second kappa shape index (κ2) is 6.20. The molecule has 0 spiro atoms. The third-order valence-corrected chi connectivity index (χ3v) is 4.86. The van der Waals surface area contributed by atoms with Crippen molar-refractivity contribution in [3.05, 3.63) is 23.7 Å². The zero-order valence-electron chi connectivity index (χ0n) is 13.7. The van der Waals surface area contributed by atoms with Crippen LogP contribution in [-0.4, -0.2) is 56.1 Å². The molecule has 1 fully saturated rings. The van der Waals surface area contributed by atoms with Gasteiger partial charge in [0.15, 0.2) is 0 Å². The lowest BCUT2D eigenvalue weighted by molar-refractivity contribution is 0.0152. The van der Waals surface area contributed by atoms with Gasteiger partial charge < -0.3 is 14.1 Å². The number of methoxy groups -OCH3 is 1. The maximum absolute atomic E-state index is 11.5. The number of hydrogen-bond acceptors (Lipinski definition) is 5. The fraction of sp³-hybridized carbons (Fsp3) is 0.688. The SMILES string of the molecule is COC(=O)c1ccc(C(C)N(C)CC2(N(C)C)CCC2)o1. The molecule has 118 valence electrons. The molecule has 1 heterocycles. The molecule has 1 aromatic heterocycles. The van der Waals surface area contributed by atoms with Crippen molar-refractivity contribution >= 4 is 5.97 Å². The van der Waals surface area contributed by atoms with Gasteiger partial charge in [0, 0.05) is 12.1 Å². The molecule has 0 aromatic carbocycles. The van der Waals surface area contributed by atoms with Crippen LogP contribution in [-0.2, 0) is 4.74 Å². The Bertz CT molecular complexity index is 491. The van der Waals surface area contributed by atoms with Crippen molar-refractivity contribution in [3.8, 4) is 0 Å². The monoisotopic (exact) mass is 294 g/mol. The average molecular weight is 294 g/mol. The number of hydrogen-bond donors (Lipinski definition) is 0. The summed E-state index contributed by atoms with van der Waals surface area (Å²) < 4.78 is 10.3. The zero-order valence-corrected chi connectivity index (χ0v) is 13.7.